The molecular weight excluding hydrogens is 169 g/mol. The highest BCUT2D eigenvalue weighted by Gasteiger charge is 2.08. The number of nitrogens with two attached hydrogens (primary N) is 1. The van der Waals surface area contributed by atoms with Gasteiger partial charge in [-0.3, -0.25) is 0 Å². The zero-order valence-corrected chi connectivity index (χ0v) is 7.63. The molecule has 0 saturated carbocycles. The Hall–Kier alpha value is -0.930. The van der Waals surface area contributed by atoms with Gasteiger partial charge in [0, 0.05) is 6.04 Å². The second kappa shape index (κ2) is 4.35. The van der Waals surface area contributed by atoms with Crippen molar-refractivity contribution in [1.29, 1.82) is 0 Å². The predicted molar refractivity (Wildman–Crippen MR) is 49.7 cm³/mol. The van der Waals surface area contributed by atoms with Crippen LogP contribution in [0.2, 0.25) is 0 Å². The molecule has 3 N–H and O–H groups in total. The van der Waals surface area contributed by atoms with Crippen molar-refractivity contribution in [2.75, 3.05) is 0 Å². The summed E-state index contributed by atoms with van der Waals surface area (Å²) in [5, 5.41) is 8.95. The number of rotatable bonds is 3. The third kappa shape index (κ3) is 2.50. The second-order valence-corrected chi connectivity index (χ2v) is 3.22. The molecule has 1 aromatic carbocycles. The van der Waals surface area contributed by atoms with E-state index in [9.17, 15) is 4.39 Å². The van der Waals surface area contributed by atoms with Crippen LogP contribution in [0.25, 0.3) is 0 Å². The van der Waals surface area contributed by atoms with Crippen LogP contribution in [0.1, 0.15) is 18.1 Å². The number of aliphatic hydroxyl groups is 1. The zero-order valence-electron chi connectivity index (χ0n) is 7.63. The quantitative estimate of drug-likeness (QED) is 0.739. The van der Waals surface area contributed by atoms with Gasteiger partial charge in [-0.15, -0.1) is 0 Å². The maximum Gasteiger partial charge on any atom is 0.126 e. The molecule has 0 aliphatic rings. The fraction of sp³-hybridized carbons (Fsp3) is 0.400. The molecule has 0 heterocycles. The molecule has 3 heteroatoms. The molecule has 0 aromatic heterocycles. The van der Waals surface area contributed by atoms with Crippen molar-refractivity contribution in [2.45, 2.75) is 26.0 Å². The first-order valence-electron chi connectivity index (χ1n) is 4.28. The van der Waals surface area contributed by atoms with Gasteiger partial charge in [0.05, 0.1) is 6.61 Å². The lowest BCUT2D eigenvalue weighted by Gasteiger charge is -2.10. The molecule has 0 fully saturated rings. The molecule has 0 aliphatic carbocycles. The van der Waals surface area contributed by atoms with E-state index in [1.54, 1.807) is 12.1 Å². The van der Waals surface area contributed by atoms with Gasteiger partial charge in [-0.25, -0.2) is 4.39 Å². The van der Waals surface area contributed by atoms with E-state index >= 15 is 0 Å². The van der Waals surface area contributed by atoms with E-state index in [-0.39, 0.29) is 18.5 Å². The highest BCUT2D eigenvalue weighted by atomic mass is 19.1. The number of halogens is 1. The third-order valence-corrected chi connectivity index (χ3v) is 1.91. The Morgan fingerprint density at radius 1 is 1.54 bits per heavy atom. The molecule has 1 atom stereocenters. The van der Waals surface area contributed by atoms with Crippen LogP contribution in [0.5, 0.6) is 0 Å². The van der Waals surface area contributed by atoms with Gasteiger partial charge in [0.15, 0.2) is 0 Å². The van der Waals surface area contributed by atoms with Gasteiger partial charge in [0.25, 0.3) is 0 Å². The van der Waals surface area contributed by atoms with Crippen LogP contribution in [0, 0.1) is 5.82 Å². The van der Waals surface area contributed by atoms with Crippen molar-refractivity contribution >= 4 is 0 Å². The molecule has 13 heavy (non-hydrogen) atoms. The van der Waals surface area contributed by atoms with E-state index in [0.29, 0.717) is 17.5 Å². The first-order valence-corrected chi connectivity index (χ1v) is 4.28. The van der Waals surface area contributed by atoms with Crippen LogP contribution in [0.15, 0.2) is 18.2 Å². The zero-order chi connectivity index (χ0) is 9.84. The minimum absolute atomic E-state index is 0.0952. The summed E-state index contributed by atoms with van der Waals surface area (Å²) in [6, 6.07) is 4.59. The normalized spacial score (nSPS) is 12.9. The number of hydrogen-bond acceptors (Lipinski definition) is 2. The fourth-order valence-electron chi connectivity index (χ4n) is 1.30. The molecule has 0 amide bonds. The Labute approximate surface area is 77.2 Å². The third-order valence-electron chi connectivity index (χ3n) is 1.91. The van der Waals surface area contributed by atoms with Crippen molar-refractivity contribution < 1.29 is 9.50 Å². The Bertz CT molecular complexity index is 286. The topological polar surface area (TPSA) is 46.2 Å². The standard InChI is InChI=1S/C10H14FNO/c1-7(12)5-9-8(6-13)3-2-4-10(9)11/h2-4,7,13H,5-6,12H2,1H3/t7-/m0/s1. The summed E-state index contributed by atoms with van der Waals surface area (Å²) in [5.74, 6) is -0.288. The molecule has 0 bridgehead atoms. The molecule has 1 rings (SSSR count). The van der Waals surface area contributed by atoms with Crippen molar-refractivity contribution in [3.8, 4) is 0 Å². The van der Waals surface area contributed by atoms with Crippen LogP contribution < -0.4 is 5.73 Å². The van der Waals surface area contributed by atoms with Crippen molar-refractivity contribution in [1.82, 2.24) is 0 Å². The average Bonchev–Trinajstić information content (AvgIpc) is 2.08. The molecular formula is C10H14FNO. The van der Waals surface area contributed by atoms with Crippen LogP contribution in [0.4, 0.5) is 4.39 Å². The second-order valence-electron chi connectivity index (χ2n) is 3.22. The molecule has 0 spiro atoms. The van der Waals surface area contributed by atoms with Crippen LogP contribution >= 0.6 is 0 Å². The highest BCUT2D eigenvalue weighted by Crippen LogP contribution is 2.15. The first-order chi connectivity index (χ1) is 6.15. The van der Waals surface area contributed by atoms with Crippen molar-refractivity contribution in [3.05, 3.63) is 35.1 Å². The molecule has 2 nitrogen and oxygen atoms in total. The molecule has 0 radical (unpaired) electrons. The fourth-order valence-corrected chi connectivity index (χ4v) is 1.30. The lowest BCUT2D eigenvalue weighted by atomic mass is 10.0. The Balaban J connectivity index is 3.00. The summed E-state index contributed by atoms with van der Waals surface area (Å²) in [4.78, 5) is 0. The van der Waals surface area contributed by atoms with E-state index in [1.807, 2.05) is 6.92 Å². The lowest BCUT2D eigenvalue weighted by molar-refractivity contribution is 0.279. The van der Waals surface area contributed by atoms with Gasteiger partial charge in [-0.05, 0) is 30.5 Å². The summed E-state index contributed by atoms with van der Waals surface area (Å²) in [5.41, 5.74) is 6.72. The van der Waals surface area contributed by atoms with Gasteiger partial charge in [0.2, 0.25) is 0 Å². The van der Waals surface area contributed by atoms with Gasteiger partial charge in [-0.1, -0.05) is 12.1 Å². The highest BCUT2D eigenvalue weighted by molar-refractivity contribution is 5.28. The van der Waals surface area contributed by atoms with E-state index in [4.69, 9.17) is 10.8 Å². The first kappa shape index (κ1) is 10.2. The largest absolute Gasteiger partial charge is 0.392 e. The predicted octanol–water partition coefficient (Wildman–Crippen LogP) is 1.21. The number of aliphatic hydroxyl groups excluding tert-OH is 1. The smallest absolute Gasteiger partial charge is 0.126 e. The Morgan fingerprint density at radius 2 is 2.23 bits per heavy atom. The molecule has 0 saturated heterocycles. The minimum atomic E-state index is -0.288. The van der Waals surface area contributed by atoms with Crippen LogP contribution in [-0.4, -0.2) is 11.1 Å². The number of hydrogen-bond donors (Lipinski definition) is 2. The van der Waals surface area contributed by atoms with Crippen LogP contribution in [-0.2, 0) is 13.0 Å². The summed E-state index contributed by atoms with van der Waals surface area (Å²) in [6.45, 7) is 1.67. The van der Waals surface area contributed by atoms with Gasteiger partial charge >= 0.3 is 0 Å². The van der Waals surface area contributed by atoms with E-state index in [1.165, 1.54) is 6.07 Å². The van der Waals surface area contributed by atoms with E-state index in [0.717, 1.165) is 0 Å². The monoisotopic (exact) mass is 183 g/mol. The lowest BCUT2D eigenvalue weighted by Crippen LogP contribution is -2.19. The van der Waals surface area contributed by atoms with E-state index < -0.39 is 0 Å². The maximum atomic E-state index is 13.2. The molecule has 1 aromatic rings. The summed E-state index contributed by atoms with van der Waals surface area (Å²) < 4.78 is 13.2. The maximum absolute atomic E-state index is 13.2. The van der Waals surface area contributed by atoms with Gasteiger partial charge in [-0.2, -0.15) is 0 Å². The summed E-state index contributed by atoms with van der Waals surface area (Å²) in [7, 11) is 0. The average molecular weight is 183 g/mol. The summed E-state index contributed by atoms with van der Waals surface area (Å²) >= 11 is 0. The SMILES string of the molecule is C[C@H](N)Cc1c(F)cccc1CO. The van der Waals surface area contributed by atoms with Gasteiger partial charge < -0.3 is 10.8 Å². The number of benzene rings is 1. The summed E-state index contributed by atoms with van der Waals surface area (Å²) in [6.07, 6.45) is 0.461. The minimum Gasteiger partial charge on any atom is -0.392 e. The molecule has 0 aliphatic heterocycles. The van der Waals surface area contributed by atoms with Crippen molar-refractivity contribution in [2.24, 2.45) is 5.73 Å². The van der Waals surface area contributed by atoms with Crippen LogP contribution in [0.3, 0.4) is 0 Å². The Morgan fingerprint density at radius 3 is 2.77 bits per heavy atom. The Kier molecular flexibility index (Phi) is 3.39. The molecule has 72 valence electrons. The van der Waals surface area contributed by atoms with E-state index in [2.05, 4.69) is 0 Å². The van der Waals surface area contributed by atoms with Gasteiger partial charge in [0.1, 0.15) is 5.82 Å². The molecule has 0 unspecified atom stereocenters. The van der Waals surface area contributed by atoms with Crippen molar-refractivity contribution in [3.63, 3.8) is 0 Å².